The second-order valence-electron chi connectivity index (χ2n) is 5.07. The van der Waals surface area contributed by atoms with E-state index in [9.17, 15) is 13.8 Å². The summed E-state index contributed by atoms with van der Waals surface area (Å²) in [5.74, 6) is -0.153. The summed E-state index contributed by atoms with van der Waals surface area (Å²) < 4.78 is 17.1. The third kappa shape index (κ3) is 5.20. The molecule has 7 heteroatoms. The molecule has 0 bridgehead atoms. The van der Waals surface area contributed by atoms with Gasteiger partial charge in [0.1, 0.15) is 11.5 Å². The number of nitrogens with one attached hydrogen (secondary N) is 1. The lowest BCUT2D eigenvalue weighted by atomic mass is 10.1. The van der Waals surface area contributed by atoms with Gasteiger partial charge >= 0.3 is 0 Å². The predicted octanol–water partition coefficient (Wildman–Crippen LogP) is 1.68. The molecule has 24 heavy (non-hydrogen) atoms. The fourth-order valence-electron chi connectivity index (χ4n) is 2.07. The molecule has 0 radical (unpaired) electrons. The van der Waals surface area contributed by atoms with E-state index in [-0.39, 0.29) is 17.4 Å². The van der Waals surface area contributed by atoms with Crippen molar-refractivity contribution in [2.75, 3.05) is 18.2 Å². The highest BCUT2D eigenvalue weighted by molar-refractivity contribution is 7.84. The van der Waals surface area contributed by atoms with Gasteiger partial charge < -0.3 is 15.8 Å². The summed E-state index contributed by atoms with van der Waals surface area (Å²) in [5, 5.41) is 2.68. The molecule has 2 aromatic rings. The number of rotatable bonds is 7. The van der Waals surface area contributed by atoms with Gasteiger partial charge in [0, 0.05) is 27.8 Å². The number of hydrogen-bond acceptors (Lipinski definition) is 4. The second kappa shape index (κ2) is 8.26. The highest BCUT2D eigenvalue weighted by Crippen LogP contribution is 2.15. The van der Waals surface area contributed by atoms with Crippen LogP contribution in [0, 0.1) is 0 Å². The van der Waals surface area contributed by atoms with Gasteiger partial charge in [-0.1, -0.05) is 12.1 Å². The van der Waals surface area contributed by atoms with Gasteiger partial charge in [0.25, 0.3) is 0 Å². The van der Waals surface area contributed by atoms with Crippen molar-refractivity contribution in [3.05, 3.63) is 59.7 Å². The van der Waals surface area contributed by atoms with Crippen LogP contribution >= 0.6 is 0 Å². The molecule has 0 spiro atoms. The van der Waals surface area contributed by atoms with Gasteiger partial charge in [0.15, 0.2) is 0 Å². The fraction of sp³-hybridized carbons (Fsp3) is 0.176. The van der Waals surface area contributed by atoms with Gasteiger partial charge in [0.2, 0.25) is 11.8 Å². The normalized spacial score (nSPS) is 11.5. The predicted molar refractivity (Wildman–Crippen MR) is 93.3 cm³/mol. The Morgan fingerprint density at radius 1 is 1.17 bits per heavy atom. The van der Waals surface area contributed by atoms with Crippen molar-refractivity contribution in [1.82, 2.24) is 0 Å². The van der Waals surface area contributed by atoms with Crippen molar-refractivity contribution in [3.63, 3.8) is 0 Å². The minimum atomic E-state index is -1.39. The maximum Gasteiger partial charge on any atom is 0.248 e. The maximum atomic E-state index is 12.1. The highest BCUT2D eigenvalue weighted by atomic mass is 32.2. The van der Waals surface area contributed by atoms with E-state index >= 15 is 0 Å². The summed E-state index contributed by atoms with van der Waals surface area (Å²) in [5.41, 5.74) is 6.87. The van der Waals surface area contributed by atoms with Crippen LogP contribution in [0.1, 0.15) is 15.9 Å². The molecule has 0 aliphatic carbocycles. The summed E-state index contributed by atoms with van der Waals surface area (Å²) in [4.78, 5) is 23.1. The summed E-state index contributed by atoms with van der Waals surface area (Å²) in [6, 6.07) is 13.4. The number of hydrogen-bond donors (Lipinski definition) is 2. The molecule has 0 aromatic heterocycles. The lowest BCUT2D eigenvalue weighted by molar-refractivity contribution is -0.113. The van der Waals surface area contributed by atoms with Crippen LogP contribution in [0.2, 0.25) is 0 Å². The molecule has 1 unspecified atom stereocenters. The van der Waals surface area contributed by atoms with Crippen molar-refractivity contribution in [2.45, 2.75) is 5.75 Å². The van der Waals surface area contributed by atoms with Crippen LogP contribution in [0.5, 0.6) is 5.75 Å². The first-order chi connectivity index (χ1) is 11.5. The van der Waals surface area contributed by atoms with Crippen molar-refractivity contribution < 1.29 is 18.5 Å². The molecular weight excluding hydrogens is 328 g/mol. The molecule has 1 atom stereocenters. The number of anilines is 1. The van der Waals surface area contributed by atoms with Gasteiger partial charge in [-0.3, -0.25) is 13.8 Å². The molecule has 2 amide bonds. The quantitative estimate of drug-likeness (QED) is 0.797. The van der Waals surface area contributed by atoms with Crippen molar-refractivity contribution in [3.8, 4) is 5.75 Å². The molecule has 0 saturated carbocycles. The first-order valence-electron chi connectivity index (χ1n) is 7.15. The summed E-state index contributed by atoms with van der Waals surface area (Å²) >= 11 is 0. The van der Waals surface area contributed by atoms with Crippen LogP contribution in [-0.2, 0) is 21.3 Å². The molecule has 3 N–H and O–H groups in total. The largest absolute Gasteiger partial charge is 0.497 e. The number of methoxy groups -OCH3 is 1. The average molecular weight is 346 g/mol. The topological polar surface area (TPSA) is 98.5 Å². The van der Waals surface area contributed by atoms with Crippen LogP contribution in [0.15, 0.2) is 48.5 Å². The van der Waals surface area contributed by atoms with Gasteiger partial charge in [-0.05, 0) is 42.0 Å². The Hall–Kier alpha value is -2.67. The monoisotopic (exact) mass is 346 g/mol. The van der Waals surface area contributed by atoms with Gasteiger partial charge in [-0.2, -0.15) is 0 Å². The smallest absolute Gasteiger partial charge is 0.248 e. The molecular formula is C17H18N2O4S. The van der Waals surface area contributed by atoms with E-state index < -0.39 is 16.7 Å². The van der Waals surface area contributed by atoms with Crippen molar-refractivity contribution in [2.24, 2.45) is 5.73 Å². The van der Waals surface area contributed by atoms with Crippen LogP contribution in [0.4, 0.5) is 5.69 Å². The van der Waals surface area contributed by atoms with Crippen LogP contribution in [0.25, 0.3) is 0 Å². The van der Waals surface area contributed by atoms with E-state index in [2.05, 4.69) is 5.32 Å². The van der Waals surface area contributed by atoms with Crippen LogP contribution < -0.4 is 15.8 Å². The summed E-state index contributed by atoms with van der Waals surface area (Å²) in [6.07, 6.45) is 0. The molecule has 126 valence electrons. The Bertz CT molecular complexity index is 759. The molecule has 6 nitrogen and oxygen atoms in total. The molecule has 0 aliphatic rings. The van der Waals surface area contributed by atoms with Gasteiger partial charge in [-0.25, -0.2) is 0 Å². The number of carbonyl (C=O) groups excluding carboxylic acids is 2. The summed E-state index contributed by atoms with van der Waals surface area (Å²) in [6.45, 7) is 0. The third-order valence-electron chi connectivity index (χ3n) is 3.21. The Kier molecular flexibility index (Phi) is 6.08. The molecule has 2 rings (SSSR count). The molecule has 2 aromatic carbocycles. The first kappa shape index (κ1) is 17.7. The Labute approximate surface area is 142 Å². The number of nitrogens with two attached hydrogens (primary N) is 1. The summed E-state index contributed by atoms with van der Waals surface area (Å²) in [7, 11) is 0.168. The van der Waals surface area contributed by atoms with E-state index in [0.717, 1.165) is 0 Å². The van der Waals surface area contributed by atoms with E-state index in [1.54, 1.807) is 55.6 Å². The fourth-order valence-corrected chi connectivity index (χ4v) is 3.09. The Balaban J connectivity index is 1.90. The number of carbonyl (C=O) groups is 2. The van der Waals surface area contributed by atoms with Gasteiger partial charge in [-0.15, -0.1) is 0 Å². The second-order valence-corrected chi connectivity index (χ2v) is 6.53. The average Bonchev–Trinajstić information content (AvgIpc) is 2.55. The van der Waals surface area contributed by atoms with Crippen molar-refractivity contribution in [1.29, 1.82) is 0 Å². The van der Waals surface area contributed by atoms with E-state index in [1.807, 2.05) is 0 Å². The zero-order valence-corrected chi connectivity index (χ0v) is 14.0. The zero-order valence-electron chi connectivity index (χ0n) is 13.2. The van der Waals surface area contributed by atoms with Gasteiger partial charge in [0.05, 0.1) is 7.11 Å². The van der Waals surface area contributed by atoms with Crippen LogP contribution in [0.3, 0.4) is 0 Å². The third-order valence-corrected chi connectivity index (χ3v) is 4.44. The number of primary amides is 1. The molecule has 0 fully saturated rings. The standard InChI is InChI=1S/C17H18N2O4S/c1-23-15-7-5-14(6-8-15)19-16(20)11-24(22)10-12-3-2-4-13(9-12)17(18)21/h2-9H,10-11H2,1H3,(H2,18,21)(H,19,20). The number of benzene rings is 2. The highest BCUT2D eigenvalue weighted by Gasteiger charge is 2.10. The zero-order chi connectivity index (χ0) is 17.5. The molecule has 0 heterocycles. The van der Waals surface area contributed by atoms with E-state index in [4.69, 9.17) is 10.5 Å². The lowest BCUT2D eigenvalue weighted by Gasteiger charge is -2.07. The maximum absolute atomic E-state index is 12.1. The molecule has 0 aliphatic heterocycles. The number of ether oxygens (including phenoxy) is 1. The minimum absolute atomic E-state index is 0.132. The SMILES string of the molecule is COc1ccc(NC(=O)CS(=O)Cc2cccc(C(N)=O)c2)cc1. The van der Waals surface area contributed by atoms with Crippen molar-refractivity contribution >= 4 is 28.3 Å². The minimum Gasteiger partial charge on any atom is -0.497 e. The lowest BCUT2D eigenvalue weighted by Crippen LogP contribution is -2.20. The Morgan fingerprint density at radius 2 is 1.88 bits per heavy atom. The number of amides is 2. The Morgan fingerprint density at radius 3 is 2.50 bits per heavy atom. The van der Waals surface area contributed by atoms with E-state index in [0.29, 0.717) is 22.6 Å². The van der Waals surface area contributed by atoms with E-state index in [1.165, 1.54) is 0 Å². The first-order valence-corrected chi connectivity index (χ1v) is 8.64. The van der Waals surface area contributed by atoms with Crippen LogP contribution in [-0.4, -0.2) is 28.9 Å². The molecule has 0 saturated heterocycles.